The van der Waals surface area contributed by atoms with Crippen LogP contribution < -0.4 is 0 Å². The van der Waals surface area contributed by atoms with Crippen molar-refractivity contribution >= 4 is 11.6 Å². The molecule has 1 amide bonds. The van der Waals surface area contributed by atoms with E-state index in [0.29, 0.717) is 24.5 Å². The van der Waals surface area contributed by atoms with Crippen LogP contribution in [0.15, 0.2) is 36.5 Å². The molecule has 3 aromatic heterocycles. The Hall–Kier alpha value is -2.80. The fourth-order valence-corrected chi connectivity index (χ4v) is 3.46. The third-order valence-corrected chi connectivity index (χ3v) is 4.80. The molecule has 0 radical (unpaired) electrons. The van der Waals surface area contributed by atoms with Crippen LogP contribution in [0, 0.1) is 13.8 Å². The molecule has 4 heterocycles. The molecule has 1 fully saturated rings. The Labute approximate surface area is 158 Å². The van der Waals surface area contributed by atoms with Gasteiger partial charge in [0.15, 0.2) is 5.65 Å². The van der Waals surface area contributed by atoms with E-state index >= 15 is 0 Å². The van der Waals surface area contributed by atoms with Gasteiger partial charge in [-0.1, -0.05) is 6.07 Å². The number of rotatable bonds is 4. The number of likely N-dealkylation sites (tertiary alicyclic amines) is 1. The van der Waals surface area contributed by atoms with Crippen LogP contribution in [-0.4, -0.2) is 49.6 Å². The van der Waals surface area contributed by atoms with Crippen molar-refractivity contribution in [3.05, 3.63) is 59.3 Å². The van der Waals surface area contributed by atoms with Crippen LogP contribution in [0.3, 0.4) is 0 Å². The van der Waals surface area contributed by atoms with Crippen LogP contribution in [-0.2, 0) is 11.3 Å². The molecular weight excluding hydrogens is 342 g/mol. The second kappa shape index (κ2) is 7.44. The van der Waals surface area contributed by atoms with E-state index in [1.165, 1.54) is 0 Å². The Morgan fingerprint density at radius 3 is 3.00 bits per heavy atom. The van der Waals surface area contributed by atoms with E-state index in [0.717, 1.165) is 36.5 Å². The summed E-state index contributed by atoms with van der Waals surface area (Å²) in [5.74, 6) is -0.0504. The highest BCUT2D eigenvalue weighted by atomic mass is 16.5. The molecule has 7 nitrogen and oxygen atoms in total. The topological polar surface area (TPSA) is 72.6 Å². The zero-order valence-corrected chi connectivity index (χ0v) is 15.6. The average molecular weight is 365 g/mol. The summed E-state index contributed by atoms with van der Waals surface area (Å²) in [4.78, 5) is 23.6. The molecule has 4 rings (SSSR count). The number of ether oxygens (including phenoxy) is 1. The Kier molecular flexibility index (Phi) is 4.85. The number of carbonyl (C=O) groups excluding carboxylic acids is 1. The number of nitrogens with zero attached hydrogens (tertiary/aromatic N) is 5. The SMILES string of the molecule is Cc1cc2nc(C(=O)N3CCC[C@@H](OCc4ccccn4)C3)cc(C)n2n1. The smallest absolute Gasteiger partial charge is 0.272 e. The zero-order valence-electron chi connectivity index (χ0n) is 15.6. The van der Waals surface area contributed by atoms with Crippen LogP contribution in [0.2, 0.25) is 0 Å². The van der Waals surface area contributed by atoms with Gasteiger partial charge >= 0.3 is 0 Å². The lowest BCUT2D eigenvalue weighted by Crippen LogP contribution is -2.43. The van der Waals surface area contributed by atoms with E-state index in [9.17, 15) is 4.79 Å². The number of pyridine rings is 1. The van der Waals surface area contributed by atoms with Crippen LogP contribution >= 0.6 is 0 Å². The van der Waals surface area contributed by atoms with Gasteiger partial charge in [-0.3, -0.25) is 9.78 Å². The molecule has 1 saturated heterocycles. The van der Waals surface area contributed by atoms with Crippen molar-refractivity contribution < 1.29 is 9.53 Å². The minimum Gasteiger partial charge on any atom is -0.370 e. The summed E-state index contributed by atoms with van der Waals surface area (Å²) in [6.07, 6.45) is 3.65. The first-order valence-electron chi connectivity index (χ1n) is 9.25. The number of amides is 1. The second-order valence-corrected chi connectivity index (χ2v) is 6.99. The molecule has 1 aliphatic rings. The maximum Gasteiger partial charge on any atom is 0.272 e. The Morgan fingerprint density at radius 1 is 1.30 bits per heavy atom. The number of hydrogen-bond donors (Lipinski definition) is 0. The lowest BCUT2D eigenvalue weighted by Gasteiger charge is -2.32. The molecule has 0 bridgehead atoms. The fraction of sp³-hybridized carbons (Fsp3) is 0.400. The summed E-state index contributed by atoms with van der Waals surface area (Å²) in [5.41, 5.74) is 3.86. The first-order valence-corrected chi connectivity index (χ1v) is 9.25. The monoisotopic (exact) mass is 365 g/mol. The summed E-state index contributed by atoms with van der Waals surface area (Å²) in [6, 6.07) is 9.48. The number of aryl methyl sites for hydroxylation is 2. The summed E-state index contributed by atoms with van der Waals surface area (Å²) in [7, 11) is 0. The highest BCUT2D eigenvalue weighted by molar-refractivity contribution is 5.93. The average Bonchev–Trinajstić information content (AvgIpc) is 3.08. The van der Waals surface area contributed by atoms with Crippen molar-refractivity contribution in [2.75, 3.05) is 13.1 Å². The van der Waals surface area contributed by atoms with Gasteiger partial charge in [0.25, 0.3) is 5.91 Å². The van der Waals surface area contributed by atoms with E-state index in [1.54, 1.807) is 16.8 Å². The van der Waals surface area contributed by atoms with Crippen molar-refractivity contribution in [2.45, 2.75) is 39.4 Å². The minimum absolute atomic E-state index is 0.0201. The lowest BCUT2D eigenvalue weighted by molar-refractivity contribution is -0.00800. The Balaban J connectivity index is 1.45. The molecule has 3 aromatic rings. The standard InChI is InChI=1S/C20H23N5O2/c1-14-10-19-22-18(11-15(2)25(19)23-14)20(26)24-9-5-7-17(12-24)27-13-16-6-3-4-8-21-16/h3-4,6,8,10-11,17H,5,7,9,12-13H2,1-2H3/t17-/m1/s1. The zero-order chi connectivity index (χ0) is 18.8. The summed E-state index contributed by atoms with van der Waals surface area (Å²) < 4.78 is 7.76. The lowest BCUT2D eigenvalue weighted by atomic mass is 10.1. The van der Waals surface area contributed by atoms with E-state index in [4.69, 9.17) is 4.74 Å². The number of fused-ring (bicyclic) bond motifs is 1. The molecule has 27 heavy (non-hydrogen) atoms. The number of aromatic nitrogens is 4. The van der Waals surface area contributed by atoms with Gasteiger partial charge < -0.3 is 9.64 Å². The van der Waals surface area contributed by atoms with Crippen molar-refractivity contribution in [1.29, 1.82) is 0 Å². The fourth-order valence-electron chi connectivity index (χ4n) is 3.46. The summed E-state index contributed by atoms with van der Waals surface area (Å²) in [5, 5.41) is 4.39. The van der Waals surface area contributed by atoms with Crippen molar-refractivity contribution in [1.82, 2.24) is 24.5 Å². The molecule has 0 unspecified atom stereocenters. The third-order valence-electron chi connectivity index (χ3n) is 4.80. The van der Waals surface area contributed by atoms with Crippen molar-refractivity contribution in [3.8, 4) is 0 Å². The Bertz CT molecular complexity index is 954. The number of piperidine rings is 1. The maximum absolute atomic E-state index is 13.0. The molecule has 1 aliphatic heterocycles. The van der Waals surface area contributed by atoms with Gasteiger partial charge in [-0.25, -0.2) is 9.50 Å². The summed E-state index contributed by atoms with van der Waals surface area (Å²) >= 11 is 0. The van der Waals surface area contributed by atoms with Gasteiger partial charge in [0.1, 0.15) is 5.69 Å². The van der Waals surface area contributed by atoms with E-state index < -0.39 is 0 Å². The molecule has 140 valence electrons. The van der Waals surface area contributed by atoms with Gasteiger partial charge in [0.05, 0.1) is 24.1 Å². The van der Waals surface area contributed by atoms with Crippen LogP contribution in [0.4, 0.5) is 0 Å². The number of carbonyl (C=O) groups is 1. The second-order valence-electron chi connectivity index (χ2n) is 6.99. The quantitative estimate of drug-likeness (QED) is 0.710. The molecule has 0 spiro atoms. The predicted molar refractivity (Wildman–Crippen MR) is 100 cm³/mol. The van der Waals surface area contributed by atoms with Crippen LogP contribution in [0.25, 0.3) is 5.65 Å². The van der Waals surface area contributed by atoms with Crippen molar-refractivity contribution in [3.63, 3.8) is 0 Å². The highest BCUT2D eigenvalue weighted by Crippen LogP contribution is 2.18. The van der Waals surface area contributed by atoms with E-state index in [1.807, 2.05) is 43.0 Å². The third kappa shape index (κ3) is 3.83. The van der Waals surface area contributed by atoms with Gasteiger partial charge in [-0.15, -0.1) is 0 Å². The molecular formula is C20H23N5O2. The molecule has 7 heteroatoms. The first-order chi connectivity index (χ1) is 13.1. The maximum atomic E-state index is 13.0. The van der Waals surface area contributed by atoms with Crippen molar-refractivity contribution in [2.24, 2.45) is 0 Å². The summed E-state index contributed by atoms with van der Waals surface area (Å²) in [6.45, 7) is 5.63. The molecule has 0 saturated carbocycles. The van der Waals surface area contributed by atoms with Gasteiger partial charge in [-0.2, -0.15) is 5.10 Å². The van der Waals surface area contributed by atoms with Gasteiger partial charge in [-0.05, 0) is 44.9 Å². The molecule has 0 aliphatic carbocycles. The van der Waals surface area contributed by atoms with E-state index in [-0.39, 0.29) is 12.0 Å². The molecule has 1 atom stereocenters. The largest absolute Gasteiger partial charge is 0.370 e. The molecule has 0 N–H and O–H groups in total. The van der Waals surface area contributed by atoms with E-state index in [2.05, 4.69) is 15.1 Å². The van der Waals surface area contributed by atoms with Crippen LogP contribution in [0.5, 0.6) is 0 Å². The number of hydrogen-bond acceptors (Lipinski definition) is 5. The first kappa shape index (κ1) is 17.6. The predicted octanol–water partition coefficient (Wildman–Crippen LogP) is 2.56. The van der Waals surface area contributed by atoms with Gasteiger partial charge in [0.2, 0.25) is 0 Å². The van der Waals surface area contributed by atoms with Gasteiger partial charge in [0, 0.05) is 31.0 Å². The minimum atomic E-state index is -0.0504. The molecule has 0 aromatic carbocycles. The van der Waals surface area contributed by atoms with Crippen LogP contribution in [0.1, 0.15) is 40.4 Å². The highest BCUT2D eigenvalue weighted by Gasteiger charge is 2.26. The Morgan fingerprint density at radius 2 is 2.19 bits per heavy atom. The normalized spacial score (nSPS) is 17.4.